The Morgan fingerprint density at radius 2 is 1.39 bits per heavy atom. The summed E-state index contributed by atoms with van der Waals surface area (Å²) in [6.45, 7) is 6.67. The molecule has 0 aliphatic heterocycles. The zero-order chi connectivity index (χ0) is 13.2. The highest BCUT2D eigenvalue weighted by Crippen LogP contribution is 2.36. The fourth-order valence-electron chi connectivity index (χ4n) is 2.20. The van der Waals surface area contributed by atoms with E-state index in [1.165, 1.54) is 11.1 Å². The van der Waals surface area contributed by atoms with Crippen LogP contribution in [0.5, 0.6) is 0 Å². The first-order chi connectivity index (χ1) is 8.50. The van der Waals surface area contributed by atoms with E-state index >= 15 is 0 Å². The minimum atomic E-state index is -0.0818. The highest BCUT2D eigenvalue weighted by atomic mass is 35.5. The molecule has 2 aromatic carbocycles. The maximum Gasteiger partial charge on any atom is 0.0838 e. The third-order valence-corrected chi connectivity index (χ3v) is 3.62. The molecule has 0 saturated heterocycles. The molecule has 0 heterocycles. The molecule has 94 valence electrons. The van der Waals surface area contributed by atoms with Crippen LogP contribution in [-0.2, 0) is 5.41 Å². The fourth-order valence-corrected chi connectivity index (χ4v) is 2.54. The second-order valence-electron chi connectivity index (χ2n) is 5.61. The van der Waals surface area contributed by atoms with Crippen molar-refractivity contribution >= 4 is 11.6 Å². The molecule has 2 rings (SSSR count). The third-order valence-electron chi connectivity index (χ3n) is 3.13. The first-order valence-electron chi connectivity index (χ1n) is 6.28. The SMILES string of the molecule is CC(C)(C)c1ccccc1[C@@H](Cl)c1ccccc1. The van der Waals surface area contributed by atoms with Crippen LogP contribution in [0.1, 0.15) is 42.8 Å². The lowest BCUT2D eigenvalue weighted by Gasteiger charge is -2.25. The zero-order valence-corrected chi connectivity index (χ0v) is 11.9. The highest BCUT2D eigenvalue weighted by Gasteiger charge is 2.21. The third kappa shape index (κ3) is 2.76. The van der Waals surface area contributed by atoms with Crippen molar-refractivity contribution in [3.05, 3.63) is 71.3 Å². The number of benzene rings is 2. The van der Waals surface area contributed by atoms with Crippen LogP contribution in [0, 0.1) is 0 Å². The Kier molecular flexibility index (Phi) is 3.77. The monoisotopic (exact) mass is 258 g/mol. The van der Waals surface area contributed by atoms with E-state index in [1.807, 2.05) is 18.2 Å². The van der Waals surface area contributed by atoms with Gasteiger partial charge in [-0.15, -0.1) is 11.6 Å². The van der Waals surface area contributed by atoms with Crippen LogP contribution >= 0.6 is 11.6 Å². The summed E-state index contributed by atoms with van der Waals surface area (Å²) in [5.41, 5.74) is 3.78. The minimum Gasteiger partial charge on any atom is -0.113 e. The first-order valence-corrected chi connectivity index (χ1v) is 6.72. The maximum absolute atomic E-state index is 6.64. The van der Waals surface area contributed by atoms with Crippen molar-refractivity contribution in [2.75, 3.05) is 0 Å². The Morgan fingerprint density at radius 3 is 2.00 bits per heavy atom. The molecule has 0 saturated carbocycles. The molecule has 0 nitrogen and oxygen atoms in total. The van der Waals surface area contributed by atoms with Gasteiger partial charge in [0.2, 0.25) is 0 Å². The van der Waals surface area contributed by atoms with Crippen molar-refractivity contribution in [2.45, 2.75) is 31.6 Å². The lowest BCUT2D eigenvalue weighted by molar-refractivity contribution is 0.583. The normalized spacial score (nSPS) is 13.3. The predicted molar refractivity (Wildman–Crippen MR) is 79.3 cm³/mol. The quantitative estimate of drug-likeness (QED) is 0.640. The zero-order valence-electron chi connectivity index (χ0n) is 11.2. The lowest BCUT2D eigenvalue weighted by atomic mass is 9.82. The molecule has 0 N–H and O–H groups in total. The van der Waals surface area contributed by atoms with Gasteiger partial charge in [-0.2, -0.15) is 0 Å². The number of alkyl halides is 1. The first kappa shape index (κ1) is 13.2. The lowest BCUT2D eigenvalue weighted by Crippen LogP contribution is -2.15. The van der Waals surface area contributed by atoms with Crippen molar-refractivity contribution < 1.29 is 0 Å². The van der Waals surface area contributed by atoms with Gasteiger partial charge in [0.15, 0.2) is 0 Å². The average Bonchev–Trinajstić information content (AvgIpc) is 2.38. The molecule has 0 fully saturated rings. The van der Waals surface area contributed by atoms with Crippen molar-refractivity contribution in [3.8, 4) is 0 Å². The van der Waals surface area contributed by atoms with Gasteiger partial charge in [-0.05, 0) is 22.1 Å². The number of halogens is 1. The van der Waals surface area contributed by atoms with Crippen LogP contribution in [0.4, 0.5) is 0 Å². The van der Waals surface area contributed by atoms with Gasteiger partial charge in [0, 0.05) is 0 Å². The Morgan fingerprint density at radius 1 is 0.833 bits per heavy atom. The van der Waals surface area contributed by atoms with Gasteiger partial charge in [0.25, 0.3) is 0 Å². The van der Waals surface area contributed by atoms with Crippen molar-refractivity contribution in [2.24, 2.45) is 0 Å². The van der Waals surface area contributed by atoms with Gasteiger partial charge in [-0.25, -0.2) is 0 Å². The summed E-state index contributed by atoms with van der Waals surface area (Å²) in [5, 5.41) is -0.0818. The van der Waals surface area contributed by atoms with Crippen molar-refractivity contribution in [3.63, 3.8) is 0 Å². The summed E-state index contributed by atoms with van der Waals surface area (Å²) >= 11 is 6.64. The van der Waals surface area contributed by atoms with Crippen LogP contribution in [0.2, 0.25) is 0 Å². The topological polar surface area (TPSA) is 0 Å². The van der Waals surface area contributed by atoms with E-state index < -0.39 is 0 Å². The molecule has 0 spiro atoms. The Hall–Kier alpha value is -1.27. The Balaban J connectivity index is 2.46. The summed E-state index contributed by atoms with van der Waals surface area (Å²) in [6, 6.07) is 18.7. The van der Waals surface area contributed by atoms with Crippen molar-refractivity contribution in [1.82, 2.24) is 0 Å². The molecule has 0 unspecified atom stereocenters. The summed E-state index contributed by atoms with van der Waals surface area (Å²) in [4.78, 5) is 0. The molecule has 0 aromatic heterocycles. The second kappa shape index (κ2) is 5.16. The molecule has 0 aliphatic rings. The molecule has 0 aliphatic carbocycles. The van der Waals surface area contributed by atoms with Gasteiger partial charge in [0.05, 0.1) is 5.38 Å². The summed E-state index contributed by atoms with van der Waals surface area (Å²) in [7, 11) is 0. The van der Waals surface area contributed by atoms with E-state index in [2.05, 4.69) is 57.2 Å². The standard InChI is InChI=1S/C17H19Cl/c1-17(2,3)15-12-8-7-11-14(15)16(18)13-9-5-4-6-10-13/h4-12,16H,1-3H3/t16-/m0/s1. The maximum atomic E-state index is 6.64. The van der Waals surface area contributed by atoms with Crippen LogP contribution in [-0.4, -0.2) is 0 Å². The summed E-state index contributed by atoms with van der Waals surface area (Å²) in [6.07, 6.45) is 0. The summed E-state index contributed by atoms with van der Waals surface area (Å²) < 4.78 is 0. The molecule has 1 atom stereocenters. The molecule has 18 heavy (non-hydrogen) atoms. The van der Waals surface area contributed by atoms with Gasteiger partial charge >= 0.3 is 0 Å². The average molecular weight is 259 g/mol. The number of hydrogen-bond donors (Lipinski definition) is 0. The Bertz CT molecular complexity index is 509. The van der Waals surface area contributed by atoms with Crippen LogP contribution < -0.4 is 0 Å². The van der Waals surface area contributed by atoms with Crippen LogP contribution in [0.15, 0.2) is 54.6 Å². The van der Waals surface area contributed by atoms with E-state index in [-0.39, 0.29) is 10.8 Å². The van der Waals surface area contributed by atoms with Crippen LogP contribution in [0.3, 0.4) is 0 Å². The Labute approximate surface area is 115 Å². The van der Waals surface area contributed by atoms with E-state index in [9.17, 15) is 0 Å². The second-order valence-corrected chi connectivity index (χ2v) is 6.05. The number of rotatable bonds is 2. The van der Waals surface area contributed by atoms with Crippen molar-refractivity contribution in [1.29, 1.82) is 0 Å². The van der Waals surface area contributed by atoms with E-state index in [0.29, 0.717) is 0 Å². The smallest absolute Gasteiger partial charge is 0.0838 e. The van der Waals surface area contributed by atoms with Gasteiger partial charge in [-0.3, -0.25) is 0 Å². The number of hydrogen-bond acceptors (Lipinski definition) is 0. The highest BCUT2D eigenvalue weighted by molar-refractivity contribution is 6.22. The van der Waals surface area contributed by atoms with Gasteiger partial charge < -0.3 is 0 Å². The predicted octanol–water partition coefficient (Wildman–Crippen LogP) is 5.31. The molecular weight excluding hydrogens is 240 g/mol. The molecule has 0 bridgehead atoms. The molecular formula is C17H19Cl. The van der Waals surface area contributed by atoms with E-state index in [0.717, 1.165) is 5.56 Å². The largest absolute Gasteiger partial charge is 0.113 e. The van der Waals surface area contributed by atoms with Gasteiger partial charge in [-0.1, -0.05) is 75.4 Å². The van der Waals surface area contributed by atoms with Crippen LogP contribution in [0.25, 0.3) is 0 Å². The fraction of sp³-hybridized carbons (Fsp3) is 0.294. The van der Waals surface area contributed by atoms with E-state index in [1.54, 1.807) is 0 Å². The molecule has 0 radical (unpaired) electrons. The van der Waals surface area contributed by atoms with Gasteiger partial charge in [0.1, 0.15) is 0 Å². The molecule has 0 amide bonds. The minimum absolute atomic E-state index is 0.0818. The summed E-state index contributed by atoms with van der Waals surface area (Å²) in [5.74, 6) is 0. The molecule has 1 heteroatoms. The molecule has 2 aromatic rings. The van der Waals surface area contributed by atoms with E-state index in [4.69, 9.17) is 11.6 Å².